The number of para-hydroxylation sites is 1. The summed E-state index contributed by atoms with van der Waals surface area (Å²) in [6, 6.07) is 17.8. The molecule has 19 heavy (non-hydrogen) atoms. The second-order valence-corrected chi connectivity index (χ2v) is 4.60. The maximum Gasteiger partial charge on any atom is 0.130 e. The largest absolute Gasteiger partial charge is 0.496 e. The number of rotatable bonds is 2. The highest BCUT2D eigenvalue weighted by Gasteiger charge is 2.11. The third-order valence-electron chi connectivity index (χ3n) is 3.07. The van der Waals surface area contributed by atoms with E-state index < -0.39 is 0 Å². The maximum absolute atomic E-state index is 6.12. The van der Waals surface area contributed by atoms with Crippen LogP contribution in [0.15, 0.2) is 54.6 Å². The molecule has 0 fully saturated rings. The average Bonchev–Trinajstić information content (AvgIpc) is 2.46. The topological polar surface area (TPSA) is 22.1 Å². The molecule has 1 aromatic heterocycles. The number of halogens is 1. The van der Waals surface area contributed by atoms with Crippen molar-refractivity contribution in [2.45, 2.75) is 0 Å². The highest BCUT2D eigenvalue weighted by Crippen LogP contribution is 2.34. The summed E-state index contributed by atoms with van der Waals surface area (Å²) in [7, 11) is 1.66. The first-order chi connectivity index (χ1) is 9.29. The van der Waals surface area contributed by atoms with E-state index in [0.717, 1.165) is 27.8 Å². The Morgan fingerprint density at radius 3 is 2.58 bits per heavy atom. The maximum atomic E-state index is 6.12. The van der Waals surface area contributed by atoms with Crippen LogP contribution in [-0.2, 0) is 0 Å². The van der Waals surface area contributed by atoms with E-state index in [4.69, 9.17) is 16.3 Å². The lowest BCUT2D eigenvalue weighted by atomic mass is 10.0. The van der Waals surface area contributed by atoms with Crippen LogP contribution in [0.4, 0.5) is 0 Å². The molecule has 0 N–H and O–H groups in total. The van der Waals surface area contributed by atoms with Gasteiger partial charge in [-0.3, -0.25) is 0 Å². The molecule has 1 heterocycles. The Kier molecular flexibility index (Phi) is 3.10. The lowest BCUT2D eigenvalue weighted by Gasteiger charge is -2.10. The summed E-state index contributed by atoms with van der Waals surface area (Å²) in [6.45, 7) is 0. The molecule has 2 nitrogen and oxygen atoms in total. The number of fused-ring (bicyclic) bond motifs is 1. The van der Waals surface area contributed by atoms with E-state index in [1.807, 2.05) is 54.6 Å². The molecule has 0 aliphatic carbocycles. The summed E-state index contributed by atoms with van der Waals surface area (Å²) in [5, 5.41) is 2.62. The molecule has 0 radical (unpaired) electrons. The molecule has 0 amide bonds. The van der Waals surface area contributed by atoms with E-state index >= 15 is 0 Å². The second kappa shape index (κ2) is 4.90. The summed E-state index contributed by atoms with van der Waals surface area (Å²) in [5.74, 6) is 0.794. The minimum Gasteiger partial charge on any atom is -0.496 e. The highest BCUT2D eigenvalue weighted by molar-refractivity contribution is 6.30. The first-order valence-electron chi connectivity index (χ1n) is 5.98. The fourth-order valence-corrected chi connectivity index (χ4v) is 2.41. The zero-order chi connectivity index (χ0) is 13.2. The van der Waals surface area contributed by atoms with Crippen LogP contribution in [0.25, 0.3) is 22.0 Å². The fourth-order valence-electron chi connectivity index (χ4n) is 2.21. The van der Waals surface area contributed by atoms with Crippen molar-refractivity contribution in [3.05, 3.63) is 59.8 Å². The van der Waals surface area contributed by atoms with Crippen molar-refractivity contribution in [1.82, 2.24) is 4.98 Å². The Balaban J connectivity index is 2.36. The number of ether oxygens (including phenoxy) is 1. The SMILES string of the molecule is COc1ccccc1-c1nc(Cl)cc2ccccc12. The third kappa shape index (κ3) is 2.15. The van der Waals surface area contributed by atoms with E-state index in [2.05, 4.69) is 4.98 Å². The fraction of sp³-hybridized carbons (Fsp3) is 0.0625. The molecule has 0 saturated carbocycles. The minimum absolute atomic E-state index is 0.486. The third-order valence-corrected chi connectivity index (χ3v) is 3.26. The molecule has 0 bridgehead atoms. The van der Waals surface area contributed by atoms with Gasteiger partial charge in [0, 0.05) is 10.9 Å². The van der Waals surface area contributed by atoms with Crippen LogP contribution < -0.4 is 4.74 Å². The molecule has 2 aromatic carbocycles. The number of hydrogen-bond acceptors (Lipinski definition) is 2. The predicted octanol–water partition coefficient (Wildman–Crippen LogP) is 4.56. The number of pyridine rings is 1. The van der Waals surface area contributed by atoms with Crippen LogP contribution in [0.3, 0.4) is 0 Å². The molecule has 0 aliphatic heterocycles. The van der Waals surface area contributed by atoms with E-state index in [-0.39, 0.29) is 0 Å². The Morgan fingerprint density at radius 2 is 1.74 bits per heavy atom. The van der Waals surface area contributed by atoms with Gasteiger partial charge in [-0.25, -0.2) is 4.98 Å². The molecule has 0 unspecified atom stereocenters. The molecule has 0 aliphatic rings. The molecule has 0 atom stereocenters. The van der Waals surface area contributed by atoms with Gasteiger partial charge in [-0.2, -0.15) is 0 Å². The zero-order valence-electron chi connectivity index (χ0n) is 10.4. The number of benzene rings is 2. The number of aromatic nitrogens is 1. The van der Waals surface area contributed by atoms with Crippen LogP contribution >= 0.6 is 11.6 Å². The monoisotopic (exact) mass is 269 g/mol. The van der Waals surface area contributed by atoms with Crippen molar-refractivity contribution in [3.63, 3.8) is 0 Å². The Bertz CT molecular complexity index is 740. The summed E-state index contributed by atoms with van der Waals surface area (Å²) < 4.78 is 5.41. The van der Waals surface area contributed by atoms with Crippen LogP contribution in [0, 0.1) is 0 Å². The average molecular weight is 270 g/mol. The van der Waals surface area contributed by atoms with Gasteiger partial charge < -0.3 is 4.74 Å². The molecule has 3 heteroatoms. The van der Waals surface area contributed by atoms with Gasteiger partial charge in [-0.05, 0) is 23.6 Å². The highest BCUT2D eigenvalue weighted by atomic mass is 35.5. The van der Waals surface area contributed by atoms with Crippen LogP contribution in [0.2, 0.25) is 5.15 Å². The van der Waals surface area contributed by atoms with Gasteiger partial charge >= 0.3 is 0 Å². The van der Waals surface area contributed by atoms with E-state index in [0.29, 0.717) is 5.15 Å². The molecule has 0 spiro atoms. The van der Waals surface area contributed by atoms with E-state index in [1.165, 1.54) is 0 Å². The van der Waals surface area contributed by atoms with Gasteiger partial charge in [-0.1, -0.05) is 48.0 Å². The van der Waals surface area contributed by atoms with Crippen molar-refractivity contribution in [2.75, 3.05) is 7.11 Å². The number of methoxy groups -OCH3 is 1. The number of nitrogens with zero attached hydrogens (tertiary/aromatic N) is 1. The van der Waals surface area contributed by atoms with Gasteiger partial charge in [0.05, 0.1) is 12.8 Å². The van der Waals surface area contributed by atoms with Gasteiger partial charge in [0.15, 0.2) is 0 Å². The first-order valence-corrected chi connectivity index (χ1v) is 6.36. The molecular formula is C16H12ClNO. The van der Waals surface area contributed by atoms with E-state index in [1.54, 1.807) is 7.11 Å². The first kappa shape index (κ1) is 12.0. The Labute approximate surface area is 116 Å². The standard InChI is InChI=1S/C16H12ClNO/c1-19-14-9-5-4-8-13(14)16-12-7-3-2-6-11(12)10-15(17)18-16/h2-10H,1H3. The normalized spacial score (nSPS) is 10.6. The van der Waals surface area contributed by atoms with Crippen LogP contribution in [0.1, 0.15) is 0 Å². The van der Waals surface area contributed by atoms with Gasteiger partial charge in [0.25, 0.3) is 0 Å². The number of hydrogen-bond donors (Lipinski definition) is 0. The van der Waals surface area contributed by atoms with Gasteiger partial charge in [0.2, 0.25) is 0 Å². The predicted molar refractivity (Wildman–Crippen MR) is 78.7 cm³/mol. The van der Waals surface area contributed by atoms with Gasteiger partial charge in [0.1, 0.15) is 10.9 Å². The molecular weight excluding hydrogens is 258 g/mol. The summed E-state index contributed by atoms with van der Waals surface area (Å²) in [6.07, 6.45) is 0. The van der Waals surface area contributed by atoms with Crippen molar-refractivity contribution in [3.8, 4) is 17.0 Å². The molecule has 0 saturated heterocycles. The quantitative estimate of drug-likeness (QED) is 0.636. The van der Waals surface area contributed by atoms with Gasteiger partial charge in [-0.15, -0.1) is 0 Å². The lowest BCUT2D eigenvalue weighted by Crippen LogP contribution is -1.91. The minimum atomic E-state index is 0.486. The molecule has 94 valence electrons. The molecule has 3 aromatic rings. The lowest BCUT2D eigenvalue weighted by molar-refractivity contribution is 0.416. The second-order valence-electron chi connectivity index (χ2n) is 4.22. The van der Waals surface area contributed by atoms with Crippen LogP contribution in [-0.4, -0.2) is 12.1 Å². The van der Waals surface area contributed by atoms with Crippen molar-refractivity contribution in [1.29, 1.82) is 0 Å². The van der Waals surface area contributed by atoms with Crippen molar-refractivity contribution >= 4 is 22.4 Å². The van der Waals surface area contributed by atoms with Crippen molar-refractivity contribution in [2.24, 2.45) is 0 Å². The van der Waals surface area contributed by atoms with Crippen molar-refractivity contribution < 1.29 is 4.74 Å². The smallest absolute Gasteiger partial charge is 0.130 e. The summed E-state index contributed by atoms with van der Waals surface area (Å²) in [4.78, 5) is 4.47. The zero-order valence-corrected chi connectivity index (χ0v) is 11.2. The summed E-state index contributed by atoms with van der Waals surface area (Å²) in [5.41, 5.74) is 1.80. The Hall–Kier alpha value is -2.06. The summed E-state index contributed by atoms with van der Waals surface area (Å²) >= 11 is 6.12. The molecule has 3 rings (SSSR count). The van der Waals surface area contributed by atoms with E-state index in [9.17, 15) is 0 Å². The van der Waals surface area contributed by atoms with Crippen LogP contribution in [0.5, 0.6) is 5.75 Å². The Morgan fingerprint density at radius 1 is 1.00 bits per heavy atom.